The molecule has 3 rings (SSSR count). The Bertz CT molecular complexity index is 1220. The summed E-state index contributed by atoms with van der Waals surface area (Å²) in [6.07, 6.45) is -2.49. The molecule has 0 aliphatic heterocycles. The van der Waals surface area contributed by atoms with Crippen LogP contribution in [0.4, 0.5) is 24.5 Å². The van der Waals surface area contributed by atoms with Gasteiger partial charge in [0.05, 0.1) is 22.9 Å². The Morgan fingerprint density at radius 2 is 1.84 bits per heavy atom. The van der Waals surface area contributed by atoms with Crippen LogP contribution in [0.2, 0.25) is 0 Å². The molecule has 0 aliphatic carbocycles. The lowest BCUT2D eigenvalue weighted by Gasteiger charge is -2.15. The molecule has 31 heavy (non-hydrogen) atoms. The molecule has 0 radical (unpaired) electrons. The summed E-state index contributed by atoms with van der Waals surface area (Å²) in [5.41, 5.74) is -1.50. The summed E-state index contributed by atoms with van der Waals surface area (Å²) in [5, 5.41) is 6.51. The number of hydrogen-bond acceptors (Lipinski definition) is 5. The van der Waals surface area contributed by atoms with E-state index in [-0.39, 0.29) is 17.0 Å². The first-order valence-electron chi connectivity index (χ1n) is 8.75. The number of sulfonamides is 1. The summed E-state index contributed by atoms with van der Waals surface area (Å²) < 4.78 is 71.8. The van der Waals surface area contributed by atoms with Crippen molar-refractivity contribution in [3.8, 4) is 0 Å². The number of hydrogen-bond donors (Lipinski definition) is 2. The predicted molar refractivity (Wildman–Crippen MR) is 109 cm³/mol. The van der Waals surface area contributed by atoms with Gasteiger partial charge in [0.25, 0.3) is 15.9 Å². The molecule has 1 aromatic heterocycles. The van der Waals surface area contributed by atoms with Gasteiger partial charge in [0.15, 0.2) is 0 Å². The lowest BCUT2D eigenvalue weighted by molar-refractivity contribution is -0.136. The highest BCUT2D eigenvalue weighted by atomic mass is 32.2. The molecule has 7 nitrogen and oxygen atoms in total. The number of aromatic nitrogens is 1. The Labute approximate surface area is 175 Å². The van der Waals surface area contributed by atoms with Crippen LogP contribution in [-0.4, -0.2) is 19.5 Å². The van der Waals surface area contributed by atoms with Gasteiger partial charge in [-0.3, -0.25) is 9.52 Å². The first-order chi connectivity index (χ1) is 14.5. The number of amides is 1. The lowest BCUT2D eigenvalue weighted by Crippen LogP contribution is -2.17. The SMILES string of the molecule is Cc1oncc1C(=O)Nc1ccc(NS(=O)(=O)C=Cc2ccccc2)c(C(F)(F)F)c1. The van der Waals surface area contributed by atoms with Crippen LogP contribution in [0.15, 0.2) is 64.7 Å². The normalized spacial score (nSPS) is 12.1. The number of benzene rings is 2. The Morgan fingerprint density at radius 1 is 1.13 bits per heavy atom. The number of nitrogens with one attached hydrogen (secondary N) is 2. The Balaban J connectivity index is 1.86. The molecule has 0 saturated heterocycles. The van der Waals surface area contributed by atoms with E-state index in [0.717, 1.165) is 23.7 Å². The number of alkyl halides is 3. The second-order valence-electron chi connectivity index (χ2n) is 6.37. The quantitative estimate of drug-likeness (QED) is 0.567. The summed E-state index contributed by atoms with van der Waals surface area (Å²) >= 11 is 0. The minimum atomic E-state index is -4.88. The van der Waals surface area contributed by atoms with Crippen LogP contribution in [0.5, 0.6) is 0 Å². The number of carbonyl (C=O) groups is 1. The van der Waals surface area contributed by atoms with E-state index in [0.29, 0.717) is 11.6 Å². The standard InChI is InChI=1S/C20H16F3N3O4S/c1-13-16(12-24-30-13)19(27)25-15-7-8-18(17(11-15)20(21,22)23)26-31(28,29)10-9-14-5-3-2-4-6-14/h2-12,26H,1H3,(H,25,27). The third-order valence-electron chi connectivity index (χ3n) is 4.07. The van der Waals surface area contributed by atoms with Crippen molar-refractivity contribution in [2.45, 2.75) is 13.1 Å². The van der Waals surface area contributed by atoms with Gasteiger partial charge in [0.1, 0.15) is 11.3 Å². The zero-order valence-electron chi connectivity index (χ0n) is 16.0. The first kappa shape index (κ1) is 22.1. The molecule has 0 bridgehead atoms. The van der Waals surface area contributed by atoms with Crippen LogP contribution in [0, 0.1) is 6.92 Å². The van der Waals surface area contributed by atoms with Gasteiger partial charge >= 0.3 is 6.18 Å². The maximum atomic E-state index is 13.5. The number of rotatable bonds is 6. The molecule has 0 saturated carbocycles. The van der Waals surface area contributed by atoms with Crippen molar-refractivity contribution in [1.29, 1.82) is 0 Å². The fraction of sp³-hybridized carbons (Fsp3) is 0.100. The molecule has 162 valence electrons. The third kappa shape index (κ3) is 5.72. The molecular weight excluding hydrogens is 435 g/mol. The average molecular weight is 451 g/mol. The van der Waals surface area contributed by atoms with Gasteiger partial charge in [-0.25, -0.2) is 8.42 Å². The number of anilines is 2. The van der Waals surface area contributed by atoms with E-state index in [2.05, 4.69) is 10.5 Å². The highest BCUT2D eigenvalue weighted by molar-refractivity contribution is 7.95. The Hall–Kier alpha value is -3.60. The number of halogens is 3. The zero-order valence-corrected chi connectivity index (χ0v) is 16.8. The van der Waals surface area contributed by atoms with Crippen LogP contribution < -0.4 is 10.0 Å². The smallest absolute Gasteiger partial charge is 0.361 e. The van der Waals surface area contributed by atoms with Crippen LogP contribution in [0.3, 0.4) is 0 Å². The van der Waals surface area contributed by atoms with E-state index in [4.69, 9.17) is 4.52 Å². The van der Waals surface area contributed by atoms with E-state index >= 15 is 0 Å². The number of carbonyl (C=O) groups excluding carboxylic acids is 1. The molecule has 0 unspecified atom stereocenters. The maximum absolute atomic E-state index is 13.5. The van der Waals surface area contributed by atoms with Crippen LogP contribution in [0.25, 0.3) is 6.08 Å². The summed E-state index contributed by atoms with van der Waals surface area (Å²) in [7, 11) is -4.23. The minimum Gasteiger partial charge on any atom is -0.361 e. The molecule has 2 N–H and O–H groups in total. The van der Waals surface area contributed by atoms with Crippen molar-refractivity contribution < 1.29 is 30.9 Å². The van der Waals surface area contributed by atoms with Crippen LogP contribution in [-0.2, 0) is 16.2 Å². The van der Waals surface area contributed by atoms with Crippen LogP contribution in [0.1, 0.15) is 27.2 Å². The maximum Gasteiger partial charge on any atom is 0.418 e. The number of nitrogens with zero attached hydrogens (tertiary/aromatic N) is 1. The molecule has 2 aromatic carbocycles. The highest BCUT2D eigenvalue weighted by Crippen LogP contribution is 2.37. The molecule has 1 heterocycles. The summed E-state index contributed by atoms with van der Waals surface area (Å²) in [6, 6.07) is 11.1. The van der Waals surface area contributed by atoms with E-state index in [9.17, 15) is 26.4 Å². The van der Waals surface area contributed by atoms with Gasteiger partial charge in [-0.2, -0.15) is 13.2 Å². The van der Waals surface area contributed by atoms with Crippen molar-refractivity contribution >= 4 is 33.4 Å². The van der Waals surface area contributed by atoms with Gasteiger partial charge in [0.2, 0.25) is 0 Å². The van der Waals surface area contributed by atoms with Crippen LogP contribution >= 0.6 is 0 Å². The summed E-state index contributed by atoms with van der Waals surface area (Å²) in [6.45, 7) is 1.48. The fourth-order valence-corrected chi connectivity index (χ4v) is 3.47. The Morgan fingerprint density at radius 3 is 2.45 bits per heavy atom. The lowest BCUT2D eigenvalue weighted by atomic mass is 10.1. The minimum absolute atomic E-state index is 0.0596. The monoisotopic (exact) mass is 451 g/mol. The van der Waals surface area contributed by atoms with Crippen molar-refractivity contribution in [3.05, 3.63) is 82.6 Å². The molecule has 0 aliphatic rings. The largest absolute Gasteiger partial charge is 0.418 e. The van der Waals surface area contributed by atoms with Gasteiger partial charge in [0, 0.05) is 5.69 Å². The number of aryl methyl sites for hydroxylation is 1. The summed E-state index contributed by atoms with van der Waals surface area (Å²) in [4.78, 5) is 12.2. The van der Waals surface area contributed by atoms with Crippen molar-refractivity contribution in [2.75, 3.05) is 10.0 Å². The molecule has 1 amide bonds. The Kier molecular flexibility index (Phi) is 6.16. The highest BCUT2D eigenvalue weighted by Gasteiger charge is 2.35. The van der Waals surface area contributed by atoms with Gasteiger partial charge < -0.3 is 9.84 Å². The zero-order chi connectivity index (χ0) is 22.6. The molecule has 0 atom stereocenters. The van der Waals surface area contributed by atoms with Gasteiger partial charge in [-0.05, 0) is 36.8 Å². The third-order valence-corrected chi connectivity index (χ3v) is 5.07. The van der Waals surface area contributed by atoms with Crippen molar-refractivity contribution in [1.82, 2.24) is 5.16 Å². The fourth-order valence-electron chi connectivity index (χ4n) is 2.58. The van der Waals surface area contributed by atoms with Crippen molar-refractivity contribution in [2.24, 2.45) is 0 Å². The topological polar surface area (TPSA) is 101 Å². The van der Waals surface area contributed by atoms with E-state index < -0.39 is 33.4 Å². The molecular formula is C20H16F3N3O4S. The second-order valence-corrected chi connectivity index (χ2v) is 7.93. The second kappa shape index (κ2) is 8.64. The van der Waals surface area contributed by atoms with Gasteiger partial charge in [-0.1, -0.05) is 35.5 Å². The molecule has 3 aromatic rings. The van der Waals surface area contributed by atoms with E-state index in [1.807, 2.05) is 4.72 Å². The molecule has 0 fully saturated rings. The molecule has 11 heteroatoms. The van der Waals surface area contributed by atoms with Crippen molar-refractivity contribution in [3.63, 3.8) is 0 Å². The average Bonchev–Trinajstić information content (AvgIpc) is 3.13. The van der Waals surface area contributed by atoms with E-state index in [1.54, 1.807) is 30.3 Å². The van der Waals surface area contributed by atoms with E-state index in [1.165, 1.54) is 13.0 Å². The summed E-state index contributed by atoms with van der Waals surface area (Å²) in [5.74, 6) is -0.519. The predicted octanol–water partition coefficient (Wildman–Crippen LogP) is 4.67. The molecule has 0 spiro atoms. The van der Waals surface area contributed by atoms with Gasteiger partial charge in [-0.15, -0.1) is 0 Å². The first-order valence-corrected chi connectivity index (χ1v) is 10.3.